The maximum Gasteiger partial charge on any atom is 0.188 e. The van der Waals surface area contributed by atoms with Crippen molar-refractivity contribution in [1.29, 1.82) is 0 Å². The number of aliphatic hydroxyl groups is 1. The van der Waals surface area contributed by atoms with Crippen LogP contribution < -0.4 is 21.9 Å². The highest BCUT2D eigenvalue weighted by atomic mass is 16.3. The van der Waals surface area contributed by atoms with Crippen LogP contribution in [0.25, 0.3) is 10.9 Å². The van der Waals surface area contributed by atoms with Gasteiger partial charge in [-0.3, -0.25) is 9.99 Å². The van der Waals surface area contributed by atoms with Gasteiger partial charge in [0.15, 0.2) is 11.6 Å². The standard InChI is InChI=1S/C17H21N7O/c1-11(10-25)22-15-8-21-16(18)17(23-15)24(19)9-12-4-5-14-13(7-12)3-2-6-20-14/h2-8,11,25H,9-10,19H2,1H3,(H2,18,21)(H,22,23)/t11-/m0/s1. The van der Waals surface area contributed by atoms with E-state index in [2.05, 4.69) is 20.3 Å². The van der Waals surface area contributed by atoms with Crippen molar-refractivity contribution in [2.24, 2.45) is 5.84 Å². The Labute approximate surface area is 145 Å². The van der Waals surface area contributed by atoms with Gasteiger partial charge in [0.05, 0.1) is 24.9 Å². The van der Waals surface area contributed by atoms with Crippen LogP contribution in [0.1, 0.15) is 12.5 Å². The van der Waals surface area contributed by atoms with Crippen LogP contribution in [0.2, 0.25) is 0 Å². The van der Waals surface area contributed by atoms with Gasteiger partial charge in [-0.25, -0.2) is 15.8 Å². The average molecular weight is 339 g/mol. The highest BCUT2D eigenvalue weighted by molar-refractivity contribution is 5.79. The van der Waals surface area contributed by atoms with Gasteiger partial charge in [-0.2, -0.15) is 0 Å². The molecule has 6 N–H and O–H groups in total. The number of benzene rings is 1. The summed E-state index contributed by atoms with van der Waals surface area (Å²) >= 11 is 0. The number of nitrogens with zero attached hydrogens (tertiary/aromatic N) is 4. The maximum atomic E-state index is 9.13. The first-order valence-electron chi connectivity index (χ1n) is 7.92. The van der Waals surface area contributed by atoms with E-state index in [9.17, 15) is 0 Å². The molecule has 1 aromatic carbocycles. The zero-order valence-corrected chi connectivity index (χ0v) is 13.9. The van der Waals surface area contributed by atoms with E-state index in [4.69, 9.17) is 16.7 Å². The molecule has 25 heavy (non-hydrogen) atoms. The molecule has 130 valence electrons. The molecule has 0 aliphatic heterocycles. The third-order valence-corrected chi connectivity index (χ3v) is 3.74. The van der Waals surface area contributed by atoms with Crippen molar-refractivity contribution < 1.29 is 5.11 Å². The van der Waals surface area contributed by atoms with Gasteiger partial charge in [0.25, 0.3) is 0 Å². The lowest BCUT2D eigenvalue weighted by molar-refractivity contribution is 0.281. The Hall–Kier alpha value is -2.97. The minimum absolute atomic E-state index is 0.0150. The van der Waals surface area contributed by atoms with Crippen molar-refractivity contribution in [1.82, 2.24) is 15.0 Å². The average Bonchev–Trinajstić information content (AvgIpc) is 2.63. The van der Waals surface area contributed by atoms with E-state index < -0.39 is 0 Å². The van der Waals surface area contributed by atoms with Crippen LogP contribution >= 0.6 is 0 Å². The van der Waals surface area contributed by atoms with Gasteiger partial charge in [-0.15, -0.1) is 0 Å². The zero-order chi connectivity index (χ0) is 17.8. The largest absolute Gasteiger partial charge is 0.394 e. The molecular formula is C17H21N7O. The number of aromatic nitrogens is 3. The number of fused-ring (bicyclic) bond motifs is 1. The van der Waals surface area contributed by atoms with Crippen molar-refractivity contribution in [3.05, 3.63) is 48.3 Å². The van der Waals surface area contributed by atoms with Crippen LogP contribution in [-0.2, 0) is 6.54 Å². The third kappa shape index (κ3) is 3.93. The molecule has 8 heteroatoms. The van der Waals surface area contributed by atoms with Crippen LogP contribution in [0.4, 0.5) is 17.5 Å². The lowest BCUT2D eigenvalue weighted by Gasteiger charge is -2.20. The summed E-state index contributed by atoms with van der Waals surface area (Å²) in [6.45, 7) is 2.24. The molecule has 0 aliphatic carbocycles. The molecule has 0 saturated carbocycles. The number of hydrogen-bond acceptors (Lipinski definition) is 8. The van der Waals surface area contributed by atoms with E-state index in [0.29, 0.717) is 18.2 Å². The van der Waals surface area contributed by atoms with E-state index >= 15 is 0 Å². The van der Waals surface area contributed by atoms with Gasteiger partial charge in [0.1, 0.15) is 5.82 Å². The Morgan fingerprint density at radius 2 is 2.12 bits per heavy atom. The van der Waals surface area contributed by atoms with Crippen molar-refractivity contribution in [2.45, 2.75) is 19.5 Å². The number of aliphatic hydroxyl groups excluding tert-OH is 1. The number of nitrogens with one attached hydrogen (secondary N) is 1. The Morgan fingerprint density at radius 3 is 2.92 bits per heavy atom. The highest BCUT2D eigenvalue weighted by Crippen LogP contribution is 2.21. The summed E-state index contributed by atoms with van der Waals surface area (Å²) in [6, 6.07) is 9.70. The summed E-state index contributed by atoms with van der Waals surface area (Å²) < 4.78 is 0. The zero-order valence-electron chi connectivity index (χ0n) is 13.9. The van der Waals surface area contributed by atoms with Gasteiger partial charge >= 0.3 is 0 Å². The van der Waals surface area contributed by atoms with Crippen molar-refractivity contribution >= 4 is 28.4 Å². The lowest BCUT2D eigenvalue weighted by Crippen LogP contribution is -2.32. The van der Waals surface area contributed by atoms with E-state index in [0.717, 1.165) is 16.5 Å². The molecule has 2 aromatic heterocycles. The second-order valence-corrected chi connectivity index (χ2v) is 5.85. The topological polar surface area (TPSA) is 126 Å². The Morgan fingerprint density at radius 1 is 1.28 bits per heavy atom. The fourth-order valence-corrected chi connectivity index (χ4v) is 2.46. The van der Waals surface area contributed by atoms with Gasteiger partial charge in [0, 0.05) is 17.6 Å². The molecule has 8 nitrogen and oxygen atoms in total. The molecule has 0 amide bonds. The molecule has 2 heterocycles. The normalized spacial score (nSPS) is 12.1. The third-order valence-electron chi connectivity index (χ3n) is 3.74. The van der Waals surface area contributed by atoms with Crippen LogP contribution in [0.3, 0.4) is 0 Å². The molecule has 0 aliphatic rings. The molecular weight excluding hydrogens is 318 g/mol. The van der Waals surface area contributed by atoms with E-state index in [1.807, 2.05) is 37.3 Å². The van der Waals surface area contributed by atoms with E-state index in [1.54, 1.807) is 6.20 Å². The first kappa shape index (κ1) is 16.9. The molecule has 0 spiro atoms. The number of hydrogen-bond donors (Lipinski definition) is 4. The van der Waals surface area contributed by atoms with Crippen LogP contribution in [-0.4, -0.2) is 32.7 Å². The maximum absolute atomic E-state index is 9.13. The monoisotopic (exact) mass is 339 g/mol. The second-order valence-electron chi connectivity index (χ2n) is 5.85. The van der Waals surface area contributed by atoms with Crippen molar-refractivity contribution in [3.63, 3.8) is 0 Å². The number of nitrogen functional groups attached to an aromatic ring is 1. The van der Waals surface area contributed by atoms with Crippen LogP contribution in [0.15, 0.2) is 42.7 Å². The smallest absolute Gasteiger partial charge is 0.188 e. The number of hydrazine groups is 1. The molecule has 0 radical (unpaired) electrons. The first-order chi connectivity index (χ1) is 12.1. The van der Waals surface area contributed by atoms with Gasteiger partial charge in [-0.1, -0.05) is 12.1 Å². The molecule has 0 fully saturated rings. The molecule has 3 aromatic rings. The van der Waals surface area contributed by atoms with Crippen LogP contribution in [0.5, 0.6) is 0 Å². The summed E-state index contributed by atoms with van der Waals surface area (Å²) in [4.78, 5) is 12.8. The highest BCUT2D eigenvalue weighted by Gasteiger charge is 2.12. The minimum atomic E-state index is -0.148. The minimum Gasteiger partial charge on any atom is -0.394 e. The lowest BCUT2D eigenvalue weighted by atomic mass is 10.1. The quantitative estimate of drug-likeness (QED) is 0.391. The second kappa shape index (κ2) is 7.29. The molecule has 3 rings (SSSR count). The Bertz CT molecular complexity index is 870. The number of pyridine rings is 1. The van der Waals surface area contributed by atoms with Crippen molar-refractivity contribution in [2.75, 3.05) is 22.7 Å². The molecule has 0 bridgehead atoms. The van der Waals surface area contributed by atoms with Crippen LogP contribution in [0, 0.1) is 0 Å². The molecule has 0 unspecified atom stereocenters. The number of rotatable bonds is 6. The Balaban J connectivity index is 1.81. The van der Waals surface area contributed by atoms with Gasteiger partial charge in [0.2, 0.25) is 0 Å². The number of nitrogens with two attached hydrogens (primary N) is 2. The predicted molar refractivity (Wildman–Crippen MR) is 98.7 cm³/mol. The first-order valence-corrected chi connectivity index (χ1v) is 7.92. The predicted octanol–water partition coefficient (Wildman–Crippen LogP) is 1.28. The SMILES string of the molecule is C[C@@H](CO)Nc1cnc(N)c(N(N)Cc2ccc3ncccc3c2)n1. The van der Waals surface area contributed by atoms with E-state index in [-0.39, 0.29) is 18.5 Å². The summed E-state index contributed by atoms with van der Waals surface area (Å²) in [6.07, 6.45) is 3.28. The fourth-order valence-electron chi connectivity index (χ4n) is 2.46. The molecule has 1 atom stereocenters. The van der Waals surface area contributed by atoms with E-state index in [1.165, 1.54) is 11.2 Å². The molecule has 0 saturated heterocycles. The van der Waals surface area contributed by atoms with Gasteiger partial charge < -0.3 is 16.2 Å². The number of anilines is 3. The fraction of sp³-hybridized carbons (Fsp3) is 0.235. The summed E-state index contributed by atoms with van der Waals surface area (Å²) in [5.41, 5.74) is 7.85. The summed E-state index contributed by atoms with van der Waals surface area (Å²) in [7, 11) is 0. The Kier molecular flexibility index (Phi) is 4.92. The van der Waals surface area contributed by atoms with Gasteiger partial charge in [-0.05, 0) is 30.7 Å². The summed E-state index contributed by atoms with van der Waals surface area (Å²) in [5.74, 6) is 7.28. The van der Waals surface area contributed by atoms with Crippen molar-refractivity contribution in [3.8, 4) is 0 Å². The summed E-state index contributed by atoms with van der Waals surface area (Å²) in [5, 5.41) is 14.7.